The van der Waals surface area contributed by atoms with E-state index in [1.165, 1.54) is 35.0 Å². The summed E-state index contributed by atoms with van der Waals surface area (Å²) in [4.78, 5) is 89.5. The highest BCUT2D eigenvalue weighted by atomic mass is 16.6. The van der Waals surface area contributed by atoms with Crippen LogP contribution in [0.5, 0.6) is 0 Å². The van der Waals surface area contributed by atoms with Gasteiger partial charge in [0.1, 0.15) is 35.6 Å². The number of anilines is 2. The molecule has 1 amide bonds. The number of hydrogen-bond acceptors (Lipinski definition) is 17. The number of hydrogen-bond donors (Lipinski definition) is 3. The minimum Gasteiger partial charge on any atom is -0.458 e. The lowest BCUT2D eigenvalue weighted by Gasteiger charge is -2.63. The molecule has 2 fully saturated rings. The number of methoxy groups -OCH3 is 2. The van der Waals surface area contributed by atoms with Crippen molar-refractivity contribution in [3.8, 4) is 0 Å². The van der Waals surface area contributed by atoms with Gasteiger partial charge in [-0.2, -0.15) is 0 Å². The lowest BCUT2D eigenvalue weighted by Crippen LogP contribution is -2.78. The van der Waals surface area contributed by atoms with Crippen LogP contribution < -0.4 is 20.5 Å². The number of ether oxygens (including phenoxy) is 6. The number of carbonyl (C=O) groups excluding carboxylic acids is 5. The monoisotopic (exact) mass is 1110 g/mol. The van der Waals surface area contributed by atoms with Crippen LogP contribution in [0.15, 0.2) is 117 Å². The number of unbranched alkanes of at least 4 members (excludes halogenated alkanes) is 1. The highest BCUT2D eigenvalue weighted by Crippen LogP contribution is 2.59. The van der Waals surface area contributed by atoms with Gasteiger partial charge < -0.3 is 58.2 Å². The Labute approximate surface area is 471 Å². The van der Waals surface area contributed by atoms with E-state index in [1.54, 1.807) is 80.6 Å². The molecule has 3 aliphatic rings. The van der Waals surface area contributed by atoms with Gasteiger partial charge in [-0.1, -0.05) is 60.7 Å². The fourth-order valence-corrected chi connectivity index (χ4v) is 12.3. The second kappa shape index (κ2) is 24.5. The summed E-state index contributed by atoms with van der Waals surface area (Å²) < 4.78 is 43.5. The van der Waals surface area contributed by atoms with Crippen molar-refractivity contribution in [1.29, 1.82) is 0 Å². The van der Waals surface area contributed by atoms with Crippen LogP contribution in [-0.4, -0.2) is 137 Å². The van der Waals surface area contributed by atoms with Crippen molar-refractivity contribution in [1.82, 2.24) is 5.32 Å². The Balaban J connectivity index is 1.08. The highest BCUT2D eigenvalue weighted by molar-refractivity contribution is 5.97. The maximum atomic E-state index is 15.8. The van der Waals surface area contributed by atoms with Crippen LogP contribution in [0.1, 0.15) is 101 Å². The summed E-state index contributed by atoms with van der Waals surface area (Å²) in [5, 5.41) is 27.9. The number of aliphatic hydroxyl groups is 2. The molecule has 1 aliphatic heterocycles. The Morgan fingerprint density at radius 2 is 1.54 bits per heavy atom. The van der Waals surface area contributed by atoms with Crippen molar-refractivity contribution < 1.29 is 67.0 Å². The molecular weight excluding hydrogens is 1040 g/mol. The summed E-state index contributed by atoms with van der Waals surface area (Å²) in [5.74, 6) is -4.74. The second-order valence-electron chi connectivity index (χ2n) is 22.5. The number of fused-ring (bicyclic) bond motifs is 5. The van der Waals surface area contributed by atoms with Crippen molar-refractivity contribution in [3.05, 3.63) is 135 Å². The zero-order chi connectivity index (χ0) is 58.7. The fraction of sp³-hybridized carbons (Fsp3) is 0.460. The molecule has 1 saturated heterocycles. The van der Waals surface area contributed by atoms with E-state index in [9.17, 15) is 34.2 Å². The smallest absolute Gasteiger partial charge is 0.338 e. The van der Waals surface area contributed by atoms with Crippen LogP contribution >= 0.6 is 0 Å². The quantitative estimate of drug-likeness (QED) is 0.0250. The molecule has 0 unspecified atom stereocenters. The number of allylic oxidation sites excluding steroid dienone is 1. The van der Waals surface area contributed by atoms with Crippen LogP contribution in [0.25, 0.3) is 28.0 Å². The molecule has 2 heterocycles. The largest absolute Gasteiger partial charge is 0.458 e. The van der Waals surface area contributed by atoms with Gasteiger partial charge >= 0.3 is 17.9 Å². The van der Waals surface area contributed by atoms with E-state index >= 15 is 4.79 Å². The Kier molecular flexibility index (Phi) is 18.1. The third-order valence-corrected chi connectivity index (χ3v) is 16.3. The van der Waals surface area contributed by atoms with Gasteiger partial charge in [0.15, 0.2) is 17.5 Å². The van der Waals surface area contributed by atoms with Crippen LogP contribution in [-0.2, 0) is 47.6 Å². The van der Waals surface area contributed by atoms with E-state index in [4.69, 9.17) is 32.8 Å². The average Bonchev–Trinajstić information content (AvgIpc) is 3.44. The molecule has 0 spiro atoms. The number of nitrogens with one attached hydrogen (secondary N) is 1. The summed E-state index contributed by atoms with van der Waals surface area (Å²) in [5.41, 5.74) is -0.908. The van der Waals surface area contributed by atoms with Crippen LogP contribution in [0, 0.1) is 11.3 Å². The van der Waals surface area contributed by atoms with Gasteiger partial charge in [-0.25, -0.2) is 9.59 Å². The Bertz CT molecular complexity index is 3280. The maximum absolute atomic E-state index is 15.8. The number of carbonyl (C=O) groups is 5. The van der Waals surface area contributed by atoms with Gasteiger partial charge in [0.2, 0.25) is 11.3 Å². The number of nitrogens with zero attached hydrogens (tertiary/aromatic N) is 2. The SMILES string of the molecule is CO[C@H]1C[C@H]2OC[C@@]2(OC(C)=O)[C@H]2[C@H](OC(=O)c3ccccc3)CC[C@H](OC(=O)[C@H](O)[C@@H](NC(=O)CCC/C=C/c3cc(N(C)C)cc4oc5cc(N(C)C)ccc5c(=O)c34)c3ccccc3)/C(C)=C(\C(C)(C)O)[C@@H](OC)C(=O)[C@]12C. The van der Waals surface area contributed by atoms with Gasteiger partial charge in [-0.05, 0) is 106 Å². The molecule has 18 heteroatoms. The van der Waals surface area contributed by atoms with E-state index in [1.807, 2.05) is 74.4 Å². The topological polar surface area (TPSA) is 230 Å². The third-order valence-electron chi connectivity index (χ3n) is 16.3. The Morgan fingerprint density at radius 1 is 0.877 bits per heavy atom. The predicted octanol–water partition coefficient (Wildman–Crippen LogP) is 7.82. The number of amides is 1. The Hall–Kier alpha value is -7.22. The summed E-state index contributed by atoms with van der Waals surface area (Å²) in [7, 11) is 10.4. The van der Waals surface area contributed by atoms with E-state index in [2.05, 4.69) is 5.32 Å². The van der Waals surface area contributed by atoms with Crippen LogP contribution in [0.4, 0.5) is 11.4 Å². The lowest BCUT2D eigenvalue weighted by atomic mass is 9.51. The molecule has 81 heavy (non-hydrogen) atoms. The minimum absolute atomic E-state index is 0.00536. The molecule has 1 aromatic heterocycles. The first-order chi connectivity index (χ1) is 38.4. The molecule has 4 aromatic carbocycles. The van der Waals surface area contributed by atoms with Gasteiger partial charge in [0.05, 0.1) is 52.0 Å². The van der Waals surface area contributed by atoms with E-state index in [0.29, 0.717) is 45.9 Å². The average molecular weight is 1110 g/mol. The van der Waals surface area contributed by atoms with Crippen LogP contribution in [0.3, 0.4) is 0 Å². The molecular formula is C63H75N3O15. The summed E-state index contributed by atoms with van der Waals surface area (Å²) in [6.45, 7) is 7.32. The summed E-state index contributed by atoms with van der Waals surface area (Å²) in [6.07, 6.45) is -3.32. The molecule has 18 nitrogen and oxygen atoms in total. The molecule has 10 atom stereocenters. The summed E-state index contributed by atoms with van der Waals surface area (Å²) >= 11 is 0. The second-order valence-corrected chi connectivity index (χ2v) is 22.5. The summed E-state index contributed by atoms with van der Waals surface area (Å²) in [6, 6.07) is 24.6. The third kappa shape index (κ3) is 12.1. The van der Waals surface area contributed by atoms with E-state index < -0.39 is 94.8 Å². The number of aliphatic hydroxyl groups excluding tert-OH is 1. The fourth-order valence-electron chi connectivity index (χ4n) is 12.3. The molecule has 5 aromatic rings. The first kappa shape index (κ1) is 59.9. The van der Waals surface area contributed by atoms with Gasteiger partial charge in [-0.15, -0.1) is 0 Å². The maximum Gasteiger partial charge on any atom is 0.338 e. The predicted molar refractivity (Wildman–Crippen MR) is 306 cm³/mol. The van der Waals surface area contributed by atoms with Gasteiger partial charge in [0.25, 0.3) is 0 Å². The zero-order valence-electron chi connectivity index (χ0n) is 48.0. The van der Waals surface area contributed by atoms with Crippen molar-refractivity contribution >= 4 is 69.0 Å². The van der Waals surface area contributed by atoms with E-state index in [-0.39, 0.29) is 54.4 Å². The molecule has 8 rings (SSSR count). The number of ketones is 1. The molecule has 432 valence electrons. The molecule has 0 radical (unpaired) electrons. The molecule has 0 bridgehead atoms. The highest BCUT2D eigenvalue weighted by Gasteiger charge is 2.73. The standard InChI is InChI=1S/C63H75N3O15/c1-36-44(29-30-45(80-59(72)39-23-17-13-18-24-39)57-62(5,58(71)56(76-11)52(36)61(3,4)74)48(75-10)34-49-63(57,35-77-49)81-37(2)67)79-60(73)55(70)53(38-21-15-12-16-22-38)64-50(68)26-20-14-19-25-40-31-42(66(8)9)33-47-51(40)54(69)43-28-27-41(65(6)7)32-46(43)78-47/h12-13,15-19,21-25,27-28,31-33,44-45,48-49,53,55-57,70,74H,14,20,26,29-30,34-35H2,1-11H3,(H,64,68)/b25-19+,52-36-/t44-,45+,48-,49+,53-,55+,56+,57-,62+,63-/m0/s1. The number of rotatable bonds is 18. The van der Waals surface area contributed by atoms with Crippen molar-refractivity contribution in [2.75, 3.05) is 58.8 Å². The molecule has 3 N–H and O–H groups in total. The van der Waals surface area contributed by atoms with Gasteiger partial charge in [0, 0.05) is 85.7 Å². The first-order valence-corrected chi connectivity index (χ1v) is 27.3. The molecule has 1 saturated carbocycles. The van der Waals surface area contributed by atoms with E-state index in [0.717, 1.165) is 11.4 Å². The zero-order valence-corrected chi connectivity index (χ0v) is 48.0. The minimum atomic E-state index is -1.99. The number of esters is 3. The van der Waals surface area contributed by atoms with Crippen molar-refractivity contribution in [3.63, 3.8) is 0 Å². The van der Waals surface area contributed by atoms with Crippen LogP contribution in [0.2, 0.25) is 0 Å². The van der Waals surface area contributed by atoms with Gasteiger partial charge in [-0.3, -0.25) is 19.2 Å². The van der Waals surface area contributed by atoms with Crippen molar-refractivity contribution in [2.45, 2.75) is 127 Å². The first-order valence-electron chi connectivity index (χ1n) is 27.3. The normalized spacial score (nSPS) is 25.7. The molecule has 2 aliphatic carbocycles. The lowest BCUT2D eigenvalue weighted by molar-refractivity contribution is -0.331. The van der Waals surface area contributed by atoms with Crippen molar-refractivity contribution in [2.24, 2.45) is 11.3 Å². The number of Topliss-reactive ketones (excluding diaryl/α,β-unsaturated/α-hetero) is 1. The number of benzene rings is 4. The Morgan fingerprint density at radius 3 is 2.15 bits per heavy atom.